The van der Waals surface area contributed by atoms with Crippen LogP contribution in [0.3, 0.4) is 0 Å². The number of aromatic nitrogens is 2. The predicted molar refractivity (Wildman–Crippen MR) is 95.3 cm³/mol. The van der Waals surface area contributed by atoms with Gasteiger partial charge in [-0.15, -0.1) is 0 Å². The summed E-state index contributed by atoms with van der Waals surface area (Å²) in [5.74, 6) is -0.696. The van der Waals surface area contributed by atoms with Gasteiger partial charge in [-0.05, 0) is 51.2 Å². The maximum atomic E-state index is 14.5. The fourth-order valence-corrected chi connectivity index (χ4v) is 3.54. The van der Waals surface area contributed by atoms with Gasteiger partial charge in [0.2, 0.25) is 0 Å². The average Bonchev–Trinajstić information content (AvgIpc) is 2.83. The number of benzene rings is 1. The molecule has 1 aromatic carbocycles. The van der Waals surface area contributed by atoms with E-state index >= 15 is 0 Å². The van der Waals surface area contributed by atoms with Crippen LogP contribution in [0.15, 0.2) is 12.1 Å². The number of aryl methyl sites for hydroxylation is 1. The van der Waals surface area contributed by atoms with E-state index in [0.29, 0.717) is 11.1 Å². The number of rotatable bonds is 3. The first kappa shape index (κ1) is 18.2. The van der Waals surface area contributed by atoms with Gasteiger partial charge in [-0.2, -0.15) is 5.10 Å². The minimum absolute atomic E-state index is 0.00596. The topological polar surface area (TPSA) is 44.1 Å². The zero-order valence-corrected chi connectivity index (χ0v) is 15.8. The third-order valence-electron chi connectivity index (χ3n) is 4.26. The van der Waals surface area contributed by atoms with Gasteiger partial charge in [0, 0.05) is 5.56 Å². The summed E-state index contributed by atoms with van der Waals surface area (Å²) in [7, 11) is 0. The van der Waals surface area contributed by atoms with Gasteiger partial charge in [0.15, 0.2) is 0 Å². The molecule has 0 saturated carbocycles. The summed E-state index contributed by atoms with van der Waals surface area (Å²) < 4.78 is 21.0. The van der Waals surface area contributed by atoms with Crippen LogP contribution in [0.1, 0.15) is 48.8 Å². The number of nitrogens with zero attached hydrogens (tertiary/aromatic N) is 2. The molecule has 4 nitrogen and oxygen atoms in total. The summed E-state index contributed by atoms with van der Waals surface area (Å²) in [4.78, 5) is 12.2. The highest BCUT2D eigenvalue weighted by atomic mass is 35.5. The largest absolute Gasteiger partial charge is 0.459 e. The van der Waals surface area contributed by atoms with Gasteiger partial charge in [-0.3, -0.25) is 0 Å². The molecule has 25 heavy (non-hydrogen) atoms. The molecule has 134 valence electrons. The quantitative estimate of drug-likeness (QED) is 0.698. The molecular formula is C18H19Cl2FN2O2. The van der Waals surface area contributed by atoms with Gasteiger partial charge in [0.05, 0.1) is 22.4 Å². The lowest BCUT2D eigenvalue weighted by Crippen LogP contribution is -2.13. The molecule has 0 fully saturated rings. The molecule has 0 spiro atoms. The van der Waals surface area contributed by atoms with E-state index in [4.69, 9.17) is 27.9 Å². The van der Waals surface area contributed by atoms with Gasteiger partial charge in [-0.1, -0.05) is 30.1 Å². The Kier molecular flexibility index (Phi) is 5.07. The molecule has 0 amide bonds. The van der Waals surface area contributed by atoms with Crippen LogP contribution in [0.4, 0.5) is 4.39 Å². The molecule has 1 heterocycles. The normalized spacial score (nSPS) is 16.8. The molecule has 1 aliphatic carbocycles. The van der Waals surface area contributed by atoms with Crippen molar-refractivity contribution < 1.29 is 13.9 Å². The number of hydrogen-bond acceptors (Lipinski definition) is 3. The van der Waals surface area contributed by atoms with Gasteiger partial charge in [-0.25, -0.2) is 13.9 Å². The highest BCUT2D eigenvalue weighted by Crippen LogP contribution is 2.33. The second kappa shape index (κ2) is 6.96. The maximum Gasteiger partial charge on any atom is 0.339 e. The van der Waals surface area contributed by atoms with Gasteiger partial charge in [0.1, 0.15) is 16.7 Å². The summed E-state index contributed by atoms with van der Waals surface area (Å²) in [5.41, 5.74) is 2.00. The zero-order valence-electron chi connectivity index (χ0n) is 14.3. The van der Waals surface area contributed by atoms with Gasteiger partial charge >= 0.3 is 5.97 Å². The number of esters is 1. The van der Waals surface area contributed by atoms with Crippen LogP contribution in [0.5, 0.6) is 0 Å². The Bertz CT molecular complexity index is 833. The third kappa shape index (κ3) is 3.53. The van der Waals surface area contributed by atoms with Gasteiger partial charge in [0.25, 0.3) is 0 Å². The lowest BCUT2D eigenvalue weighted by atomic mass is 9.89. The molecule has 7 heteroatoms. The minimum Gasteiger partial charge on any atom is -0.459 e. The van der Waals surface area contributed by atoms with Crippen molar-refractivity contribution in [3.8, 4) is 5.69 Å². The van der Waals surface area contributed by atoms with Crippen molar-refractivity contribution in [3.05, 3.63) is 44.9 Å². The molecule has 0 bridgehead atoms. The number of ether oxygens (including phenoxy) is 1. The molecule has 0 saturated heterocycles. The van der Waals surface area contributed by atoms with Crippen molar-refractivity contribution in [2.75, 3.05) is 0 Å². The Morgan fingerprint density at radius 2 is 2.12 bits per heavy atom. The molecule has 1 aliphatic rings. The zero-order chi connectivity index (χ0) is 18.3. The van der Waals surface area contributed by atoms with E-state index in [1.165, 1.54) is 10.7 Å². The summed E-state index contributed by atoms with van der Waals surface area (Å²) in [6.45, 7) is 5.62. The van der Waals surface area contributed by atoms with Crippen LogP contribution < -0.4 is 0 Å². The molecule has 2 aromatic rings. The van der Waals surface area contributed by atoms with Crippen LogP contribution in [0, 0.1) is 11.7 Å². The number of halogens is 3. The van der Waals surface area contributed by atoms with E-state index in [1.807, 2.05) is 0 Å². The van der Waals surface area contributed by atoms with Gasteiger partial charge < -0.3 is 4.74 Å². The molecule has 1 atom stereocenters. The Morgan fingerprint density at radius 1 is 1.40 bits per heavy atom. The molecule has 3 rings (SSSR count). The van der Waals surface area contributed by atoms with Crippen LogP contribution in [0.25, 0.3) is 5.69 Å². The van der Waals surface area contributed by atoms with Crippen LogP contribution in [0.2, 0.25) is 10.2 Å². The fourth-order valence-electron chi connectivity index (χ4n) is 3.00. The van der Waals surface area contributed by atoms with E-state index in [9.17, 15) is 9.18 Å². The maximum absolute atomic E-state index is 14.5. The van der Waals surface area contributed by atoms with Crippen molar-refractivity contribution in [1.29, 1.82) is 0 Å². The lowest BCUT2D eigenvalue weighted by Gasteiger charge is -2.16. The number of hydrogen-bond donors (Lipinski definition) is 0. The SMILES string of the molecule is CC1CCc2nn(-c3cc(C(=O)OC(C)C)c(Cl)cc3F)c(Cl)c2C1. The molecule has 0 N–H and O–H groups in total. The Morgan fingerprint density at radius 3 is 2.80 bits per heavy atom. The molecule has 1 unspecified atom stereocenters. The van der Waals surface area contributed by atoms with Crippen LogP contribution in [-0.2, 0) is 17.6 Å². The van der Waals surface area contributed by atoms with Crippen molar-refractivity contribution in [1.82, 2.24) is 9.78 Å². The monoisotopic (exact) mass is 384 g/mol. The summed E-state index contributed by atoms with van der Waals surface area (Å²) in [5, 5.41) is 4.83. The molecule has 0 radical (unpaired) electrons. The number of fused-ring (bicyclic) bond motifs is 1. The Labute approximate surface area is 155 Å². The third-order valence-corrected chi connectivity index (χ3v) is 4.96. The minimum atomic E-state index is -0.608. The van der Waals surface area contributed by atoms with Crippen molar-refractivity contribution in [3.63, 3.8) is 0 Å². The van der Waals surface area contributed by atoms with E-state index in [0.717, 1.165) is 36.6 Å². The first-order valence-corrected chi connectivity index (χ1v) is 9.00. The molecular weight excluding hydrogens is 366 g/mol. The highest BCUT2D eigenvalue weighted by Gasteiger charge is 2.26. The van der Waals surface area contributed by atoms with E-state index in [2.05, 4.69) is 12.0 Å². The Hall–Kier alpha value is -1.59. The number of carbonyl (C=O) groups excluding carboxylic acids is 1. The smallest absolute Gasteiger partial charge is 0.339 e. The molecule has 1 aromatic heterocycles. The van der Waals surface area contributed by atoms with Crippen molar-refractivity contribution >= 4 is 29.2 Å². The summed E-state index contributed by atoms with van der Waals surface area (Å²) >= 11 is 12.5. The first-order chi connectivity index (χ1) is 11.8. The second-order valence-electron chi connectivity index (χ2n) is 6.71. The summed E-state index contributed by atoms with van der Waals surface area (Å²) in [6, 6.07) is 2.43. The van der Waals surface area contributed by atoms with Crippen LogP contribution >= 0.6 is 23.2 Å². The highest BCUT2D eigenvalue weighted by molar-refractivity contribution is 6.33. The number of carbonyl (C=O) groups is 1. The fraction of sp³-hybridized carbons (Fsp3) is 0.444. The van der Waals surface area contributed by atoms with Crippen molar-refractivity contribution in [2.24, 2.45) is 5.92 Å². The first-order valence-electron chi connectivity index (χ1n) is 8.24. The molecule has 0 aliphatic heterocycles. The van der Waals surface area contributed by atoms with E-state index < -0.39 is 11.8 Å². The van der Waals surface area contributed by atoms with Crippen molar-refractivity contribution in [2.45, 2.75) is 46.1 Å². The second-order valence-corrected chi connectivity index (χ2v) is 7.48. The average molecular weight is 385 g/mol. The predicted octanol–water partition coefficient (Wildman–Crippen LogP) is 5.01. The Balaban J connectivity index is 2.08. The van der Waals surface area contributed by atoms with E-state index in [-0.39, 0.29) is 22.4 Å². The standard InChI is InChI=1S/C18H19Cl2FN2O2/c1-9(2)25-18(24)11-7-16(14(21)8-13(11)19)23-17(20)12-6-10(3)4-5-15(12)22-23/h7-10H,4-6H2,1-3H3. The summed E-state index contributed by atoms with van der Waals surface area (Å²) in [6.07, 6.45) is 2.33. The van der Waals surface area contributed by atoms with Crippen LogP contribution in [-0.4, -0.2) is 21.9 Å². The van der Waals surface area contributed by atoms with E-state index in [1.54, 1.807) is 13.8 Å². The lowest BCUT2D eigenvalue weighted by molar-refractivity contribution is 0.0378.